The highest BCUT2D eigenvalue weighted by atomic mass is 16.5. The molecule has 0 amide bonds. The third-order valence-corrected chi connectivity index (χ3v) is 3.78. The van der Waals surface area contributed by atoms with Gasteiger partial charge in [-0.15, -0.1) is 10.2 Å². The Morgan fingerprint density at radius 1 is 1.05 bits per heavy atom. The molecule has 0 bridgehead atoms. The van der Waals surface area contributed by atoms with Gasteiger partial charge in [0, 0.05) is 18.7 Å². The van der Waals surface area contributed by atoms with Crippen LogP contribution in [0.4, 0.5) is 5.82 Å². The molecule has 0 N–H and O–H groups in total. The Hall–Kier alpha value is -2.14. The molecule has 1 aromatic heterocycles. The Morgan fingerprint density at radius 3 is 2.41 bits per heavy atom. The van der Waals surface area contributed by atoms with Crippen molar-refractivity contribution in [1.82, 2.24) is 10.2 Å². The summed E-state index contributed by atoms with van der Waals surface area (Å²) < 4.78 is 11.1. The van der Waals surface area contributed by atoms with Gasteiger partial charge in [-0.25, -0.2) is 0 Å². The molecule has 2 heterocycles. The number of methoxy groups -OCH3 is 1. The van der Waals surface area contributed by atoms with Crippen molar-refractivity contribution in [3.05, 3.63) is 36.4 Å². The van der Waals surface area contributed by atoms with Crippen LogP contribution in [0.1, 0.15) is 13.8 Å². The summed E-state index contributed by atoms with van der Waals surface area (Å²) in [6, 6.07) is 11.8. The first-order valence-electron chi connectivity index (χ1n) is 7.55. The lowest BCUT2D eigenvalue weighted by atomic mass is 10.1. The van der Waals surface area contributed by atoms with Crippen LogP contribution in [0.25, 0.3) is 11.3 Å². The van der Waals surface area contributed by atoms with Crippen LogP contribution in [-0.2, 0) is 4.74 Å². The predicted molar refractivity (Wildman–Crippen MR) is 86.2 cm³/mol. The zero-order valence-corrected chi connectivity index (χ0v) is 13.2. The van der Waals surface area contributed by atoms with E-state index in [2.05, 4.69) is 28.9 Å². The Balaban J connectivity index is 1.83. The van der Waals surface area contributed by atoms with E-state index >= 15 is 0 Å². The number of anilines is 1. The second-order valence-corrected chi connectivity index (χ2v) is 5.64. The maximum atomic E-state index is 5.75. The first-order valence-corrected chi connectivity index (χ1v) is 7.55. The van der Waals surface area contributed by atoms with Gasteiger partial charge in [-0.2, -0.15) is 0 Å². The van der Waals surface area contributed by atoms with Gasteiger partial charge >= 0.3 is 0 Å². The molecule has 1 saturated heterocycles. The summed E-state index contributed by atoms with van der Waals surface area (Å²) in [6.45, 7) is 5.85. The van der Waals surface area contributed by atoms with E-state index in [1.165, 1.54) is 0 Å². The van der Waals surface area contributed by atoms with Crippen LogP contribution in [0.3, 0.4) is 0 Å². The molecule has 0 unspecified atom stereocenters. The van der Waals surface area contributed by atoms with Crippen molar-refractivity contribution >= 4 is 5.82 Å². The molecule has 1 fully saturated rings. The van der Waals surface area contributed by atoms with E-state index in [1.807, 2.05) is 36.4 Å². The zero-order chi connectivity index (χ0) is 15.5. The van der Waals surface area contributed by atoms with Crippen molar-refractivity contribution in [3.63, 3.8) is 0 Å². The SMILES string of the molecule is COc1ccccc1-c1ccc(N2C[C@@H](C)O[C@@H](C)C2)nn1. The number of hydrogen-bond acceptors (Lipinski definition) is 5. The number of aromatic nitrogens is 2. The van der Waals surface area contributed by atoms with Gasteiger partial charge in [-0.3, -0.25) is 0 Å². The molecule has 2 atom stereocenters. The van der Waals surface area contributed by atoms with Crippen molar-refractivity contribution in [1.29, 1.82) is 0 Å². The molecule has 0 aliphatic carbocycles. The molecule has 0 spiro atoms. The molecule has 5 heteroatoms. The molecule has 2 aromatic rings. The summed E-state index contributed by atoms with van der Waals surface area (Å²) in [6.07, 6.45) is 0.416. The van der Waals surface area contributed by atoms with Gasteiger partial charge in [0.05, 0.1) is 25.0 Å². The molecule has 1 aliphatic heterocycles. The highest BCUT2D eigenvalue weighted by Crippen LogP contribution is 2.28. The largest absolute Gasteiger partial charge is 0.496 e. The predicted octanol–water partition coefficient (Wildman–Crippen LogP) is 2.77. The minimum Gasteiger partial charge on any atom is -0.496 e. The quantitative estimate of drug-likeness (QED) is 0.872. The van der Waals surface area contributed by atoms with E-state index in [-0.39, 0.29) is 12.2 Å². The third kappa shape index (κ3) is 3.04. The van der Waals surface area contributed by atoms with Gasteiger partial charge in [0.25, 0.3) is 0 Å². The molecule has 22 heavy (non-hydrogen) atoms. The van der Waals surface area contributed by atoms with Crippen molar-refractivity contribution in [2.45, 2.75) is 26.1 Å². The summed E-state index contributed by atoms with van der Waals surface area (Å²) in [7, 11) is 1.66. The number of morpholine rings is 1. The summed E-state index contributed by atoms with van der Waals surface area (Å²) in [5, 5.41) is 8.76. The number of benzene rings is 1. The molecule has 0 saturated carbocycles. The van der Waals surface area contributed by atoms with Crippen molar-refractivity contribution in [2.24, 2.45) is 0 Å². The fraction of sp³-hybridized carbons (Fsp3) is 0.412. The maximum absolute atomic E-state index is 5.75. The van der Waals surface area contributed by atoms with Gasteiger partial charge < -0.3 is 14.4 Å². The number of nitrogens with zero attached hydrogens (tertiary/aromatic N) is 3. The van der Waals surface area contributed by atoms with Crippen molar-refractivity contribution in [2.75, 3.05) is 25.1 Å². The summed E-state index contributed by atoms with van der Waals surface area (Å²) >= 11 is 0. The molecular formula is C17H21N3O2. The van der Waals surface area contributed by atoms with E-state index in [0.29, 0.717) is 0 Å². The van der Waals surface area contributed by atoms with Crippen molar-refractivity contribution < 1.29 is 9.47 Å². The molecular weight excluding hydrogens is 278 g/mol. The first-order chi connectivity index (χ1) is 10.7. The van der Waals surface area contributed by atoms with Crippen LogP contribution in [-0.4, -0.2) is 42.6 Å². The second-order valence-electron chi connectivity index (χ2n) is 5.64. The van der Waals surface area contributed by atoms with Crippen molar-refractivity contribution in [3.8, 4) is 17.0 Å². The van der Waals surface area contributed by atoms with Crippen LogP contribution in [0.15, 0.2) is 36.4 Å². The van der Waals surface area contributed by atoms with Gasteiger partial charge in [-0.05, 0) is 38.1 Å². The zero-order valence-electron chi connectivity index (χ0n) is 13.2. The molecule has 116 valence electrons. The average Bonchev–Trinajstić information content (AvgIpc) is 2.54. The standard InChI is InChI=1S/C17H21N3O2/c1-12-10-20(11-13(2)22-12)17-9-8-15(18-19-17)14-6-4-5-7-16(14)21-3/h4-9,12-13H,10-11H2,1-3H3/t12-,13+. The molecule has 0 radical (unpaired) electrons. The Kier molecular flexibility index (Phi) is 4.24. The van der Waals surface area contributed by atoms with Gasteiger partial charge in [0.1, 0.15) is 5.75 Å². The molecule has 5 nitrogen and oxygen atoms in total. The van der Waals surface area contributed by atoms with Crippen LogP contribution in [0, 0.1) is 0 Å². The lowest BCUT2D eigenvalue weighted by Crippen LogP contribution is -2.45. The summed E-state index contributed by atoms with van der Waals surface area (Å²) in [5.41, 5.74) is 1.77. The topological polar surface area (TPSA) is 47.5 Å². The fourth-order valence-electron chi connectivity index (χ4n) is 2.86. The third-order valence-electron chi connectivity index (χ3n) is 3.78. The maximum Gasteiger partial charge on any atom is 0.151 e. The highest BCUT2D eigenvalue weighted by molar-refractivity contribution is 5.67. The van der Waals surface area contributed by atoms with Gasteiger partial charge in [0.15, 0.2) is 5.82 Å². The fourth-order valence-corrected chi connectivity index (χ4v) is 2.86. The monoisotopic (exact) mass is 299 g/mol. The lowest BCUT2D eigenvalue weighted by Gasteiger charge is -2.35. The number of para-hydroxylation sites is 1. The van der Waals surface area contributed by atoms with Crippen LogP contribution < -0.4 is 9.64 Å². The summed E-state index contributed by atoms with van der Waals surface area (Å²) in [5.74, 6) is 1.69. The van der Waals surface area contributed by atoms with Gasteiger partial charge in [-0.1, -0.05) is 12.1 Å². The number of ether oxygens (including phenoxy) is 2. The smallest absolute Gasteiger partial charge is 0.151 e. The molecule has 1 aromatic carbocycles. The molecule has 3 rings (SSSR count). The molecule has 1 aliphatic rings. The average molecular weight is 299 g/mol. The Labute approximate surface area is 130 Å². The minimum atomic E-state index is 0.208. The number of hydrogen-bond donors (Lipinski definition) is 0. The van der Waals surface area contributed by atoms with E-state index in [1.54, 1.807) is 7.11 Å². The van der Waals surface area contributed by atoms with E-state index in [9.17, 15) is 0 Å². The van der Waals surface area contributed by atoms with Gasteiger partial charge in [0.2, 0.25) is 0 Å². The Morgan fingerprint density at radius 2 is 1.77 bits per heavy atom. The number of rotatable bonds is 3. The van der Waals surface area contributed by atoms with E-state index in [4.69, 9.17) is 9.47 Å². The van der Waals surface area contributed by atoms with E-state index < -0.39 is 0 Å². The van der Waals surface area contributed by atoms with Crippen LogP contribution >= 0.6 is 0 Å². The second kappa shape index (κ2) is 6.32. The highest BCUT2D eigenvalue weighted by Gasteiger charge is 2.23. The van der Waals surface area contributed by atoms with E-state index in [0.717, 1.165) is 35.9 Å². The first kappa shape index (κ1) is 14.8. The normalized spacial score (nSPS) is 21.7. The van der Waals surface area contributed by atoms with Crippen LogP contribution in [0.5, 0.6) is 5.75 Å². The Bertz CT molecular complexity index is 620. The lowest BCUT2D eigenvalue weighted by molar-refractivity contribution is -0.00550. The summed E-state index contributed by atoms with van der Waals surface area (Å²) in [4.78, 5) is 2.22. The van der Waals surface area contributed by atoms with Crippen LogP contribution in [0.2, 0.25) is 0 Å². The minimum absolute atomic E-state index is 0.208.